The van der Waals surface area contributed by atoms with Gasteiger partial charge in [-0.05, 0) is 30.7 Å². The van der Waals surface area contributed by atoms with Crippen LogP contribution in [0.2, 0.25) is 0 Å². The average Bonchev–Trinajstić information content (AvgIpc) is 3.09. The molecule has 0 bridgehead atoms. The van der Waals surface area contributed by atoms with Gasteiger partial charge in [0.2, 0.25) is 11.7 Å². The number of morpholine rings is 1. The van der Waals surface area contributed by atoms with Gasteiger partial charge in [-0.3, -0.25) is 4.90 Å². The van der Waals surface area contributed by atoms with Crippen molar-refractivity contribution in [1.29, 1.82) is 0 Å². The molecule has 3 rings (SSSR count). The van der Waals surface area contributed by atoms with E-state index in [2.05, 4.69) is 15.0 Å². The molecule has 1 aromatic carbocycles. The summed E-state index contributed by atoms with van der Waals surface area (Å²) in [7, 11) is 0. The first-order valence-corrected chi connectivity index (χ1v) is 8.21. The number of nitrogens with zero attached hydrogens (tertiary/aromatic N) is 3. The van der Waals surface area contributed by atoms with Gasteiger partial charge in [0.15, 0.2) is 0 Å². The van der Waals surface area contributed by atoms with Crippen LogP contribution in [0.1, 0.15) is 19.2 Å². The van der Waals surface area contributed by atoms with Crippen LogP contribution in [-0.2, 0) is 11.2 Å². The molecule has 2 heterocycles. The molecule has 2 aromatic rings. The molecule has 1 aliphatic rings. The lowest BCUT2D eigenvalue weighted by Crippen LogP contribution is -2.37. The fourth-order valence-electron chi connectivity index (χ4n) is 2.52. The SMILES string of the molecule is CCc1nc(-c2ccc(OCCCN3CCOCC3)cc2)no1. The van der Waals surface area contributed by atoms with E-state index < -0.39 is 0 Å². The summed E-state index contributed by atoms with van der Waals surface area (Å²) in [4.78, 5) is 6.74. The number of aryl methyl sites for hydroxylation is 1. The Hall–Kier alpha value is -1.92. The van der Waals surface area contributed by atoms with E-state index in [4.69, 9.17) is 14.0 Å². The zero-order chi connectivity index (χ0) is 15.9. The maximum absolute atomic E-state index is 5.79. The Kier molecular flexibility index (Phi) is 5.60. The van der Waals surface area contributed by atoms with E-state index in [1.54, 1.807) is 0 Å². The Balaban J connectivity index is 1.44. The second-order valence-corrected chi connectivity index (χ2v) is 5.55. The van der Waals surface area contributed by atoms with Crippen molar-refractivity contribution in [2.75, 3.05) is 39.5 Å². The average molecular weight is 317 g/mol. The van der Waals surface area contributed by atoms with Crippen LogP contribution < -0.4 is 4.74 Å². The van der Waals surface area contributed by atoms with Gasteiger partial charge >= 0.3 is 0 Å². The quantitative estimate of drug-likeness (QED) is 0.731. The van der Waals surface area contributed by atoms with Gasteiger partial charge in [0.05, 0.1) is 19.8 Å². The summed E-state index contributed by atoms with van der Waals surface area (Å²) in [5.41, 5.74) is 0.939. The minimum Gasteiger partial charge on any atom is -0.494 e. The first kappa shape index (κ1) is 16.0. The van der Waals surface area contributed by atoms with E-state index in [0.29, 0.717) is 11.7 Å². The van der Waals surface area contributed by atoms with E-state index in [1.165, 1.54) is 0 Å². The molecule has 0 aliphatic carbocycles. The molecule has 6 heteroatoms. The fraction of sp³-hybridized carbons (Fsp3) is 0.529. The summed E-state index contributed by atoms with van der Waals surface area (Å²) in [5.74, 6) is 2.15. The Morgan fingerprint density at radius 2 is 1.96 bits per heavy atom. The van der Waals surface area contributed by atoms with Crippen molar-refractivity contribution < 1.29 is 14.0 Å². The van der Waals surface area contributed by atoms with Gasteiger partial charge < -0.3 is 14.0 Å². The normalized spacial score (nSPS) is 15.7. The first-order chi connectivity index (χ1) is 11.3. The molecule has 1 aromatic heterocycles. The molecule has 0 saturated carbocycles. The van der Waals surface area contributed by atoms with Crippen LogP contribution in [0.15, 0.2) is 28.8 Å². The largest absolute Gasteiger partial charge is 0.494 e. The van der Waals surface area contributed by atoms with E-state index in [-0.39, 0.29) is 0 Å². The lowest BCUT2D eigenvalue weighted by molar-refractivity contribution is 0.0358. The van der Waals surface area contributed by atoms with Crippen molar-refractivity contribution in [2.45, 2.75) is 19.8 Å². The third-order valence-electron chi connectivity index (χ3n) is 3.87. The van der Waals surface area contributed by atoms with Gasteiger partial charge in [-0.2, -0.15) is 4.98 Å². The highest BCUT2D eigenvalue weighted by Crippen LogP contribution is 2.20. The van der Waals surface area contributed by atoms with Crippen molar-refractivity contribution in [3.05, 3.63) is 30.2 Å². The highest BCUT2D eigenvalue weighted by molar-refractivity contribution is 5.55. The minimum atomic E-state index is 0.626. The van der Waals surface area contributed by atoms with Gasteiger partial charge in [-0.15, -0.1) is 0 Å². The van der Waals surface area contributed by atoms with Crippen molar-refractivity contribution in [3.63, 3.8) is 0 Å². The minimum absolute atomic E-state index is 0.626. The molecular weight excluding hydrogens is 294 g/mol. The number of benzene rings is 1. The topological polar surface area (TPSA) is 60.6 Å². The van der Waals surface area contributed by atoms with Crippen LogP contribution in [0.5, 0.6) is 5.75 Å². The summed E-state index contributed by atoms with van der Waals surface area (Å²) in [5, 5.41) is 3.97. The van der Waals surface area contributed by atoms with Crippen molar-refractivity contribution in [2.24, 2.45) is 0 Å². The van der Waals surface area contributed by atoms with E-state index in [1.807, 2.05) is 31.2 Å². The van der Waals surface area contributed by atoms with Gasteiger partial charge in [0, 0.05) is 31.6 Å². The van der Waals surface area contributed by atoms with Crippen LogP contribution in [-0.4, -0.2) is 54.5 Å². The number of hydrogen-bond acceptors (Lipinski definition) is 6. The summed E-state index contributed by atoms with van der Waals surface area (Å²) < 4.78 is 16.3. The molecule has 0 radical (unpaired) electrons. The fourth-order valence-corrected chi connectivity index (χ4v) is 2.52. The van der Waals surface area contributed by atoms with Crippen LogP contribution in [0.3, 0.4) is 0 Å². The Morgan fingerprint density at radius 3 is 2.65 bits per heavy atom. The third-order valence-corrected chi connectivity index (χ3v) is 3.87. The summed E-state index contributed by atoms with van der Waals surface area (Å²) in [6.07, 6.45) is 1.77. The molecule has 1 aliphatic heterocycles. The molecule has 124 valence electrons. The monoisotopic (exact) mass is 317 g/mol. The summed E-state index contributed by atoms with van der Waals surface area (Å²) in [6, 6.07) is 7.82. The highest BCUT2D eigenvalue weighted by Gasteiger charge is 2.10. The molecule has 1 saturated heterocycles. The van der Waals surface area contributed by atoms with E-state index in [0.717, 1.165) is 63.6 Å². The van der Waals surface area contributed by atoms with Gasteiger partial charge in [-0.1, -0.05) is 12.1 Å². The van der Waals surface area contributed by atoms with Gasteiger partial charge in [-0.25, -0.2) is 0 Å². The summed E-state index contributed by atoms with van der Waals surface area (Å²) >= 11 is 0. The molecule has 6 nitrogen and oxygen atoms in total. The molecule has 0 amide bonds. The standard InChI is InChI=1S/C17H23N3O3/c1-2-16-18-17(19-23-16)14-4-6-15(7-5-14)22-11-3-8-20-9-12-21-13-10-20/h4-7H,2-3,8-13H2,1H3. The number of aromatic nitrogens is 2. The zero-order valence-corrected chi connectivity index (χ0v) is 13.5. The van der Waals surface area contributed by atoms with Crippen molar-refractivity contribution >= 4 is 0 Å². The van der Waals surface area contributed by atoms with Crippen LogP contribution in [0.25, 0.3) is 11.4 Å². The Morgan fingerprint density at radius 1 is 1.17 bits per heavy atom. The Labute approximate surface area is 136 Å². The van der Waals surface area contributed by atoms with E-state index >= 15 is 0 Å². The molecular formula is C17H23N3O3. The Bertz CT molecular complexity index is 591. The van der Waals surface area contributed by atoms with Crippen LogP contribution >= 0.6 is 0 Å². The smallest absolute Gasteiger partial charge is 0.226 e. The maximum Gasteiger partial charge on any atom is 0.226 e. The maximum atomic E-state index is 5.79. The second kappa shape index (κ2) is 8.08. The number of rotatable bonds is 7. The zero-order valence-electron chi connectivity index (χ0n) is 13.5. The van der Waals surface area contributed by atoms with Gasteiger partial charge in [0.25, 0.3) is 0 Å². The first-order valence-electron chi connectivity index (χ1n) is 8.21. The molecule has 0 spiro atoms. The van der Waals surface area contributed by atoms with Crippen LogP contribution in [0, 0.1) is 0 Å². The highest BCUT2D eigenvalue weighted by atomic mass is 16.5. The summed E-state index contributed by atoms with van der Waals surface area (Å²) in [6.45, 7) is 7.52. The van der Waals surface area contributed by atoms with Gasteiger partial charge in [0.1, 0.15) is 5.75 Å². The molecule has 0 N–H and O–H groups in total. The lowest BCUT2D eigenvalue weighted by atomic mass is 10.2. The van der Waals surface area contributed by atoms with E-state index in [9.17, 15) is 0 Å². The number of ether oxygens (including phenoxy) is 2. The predicted octanol–water partition coefficient (Wildman–Crippen LogP) is 2.40. The van der Waals surface area contributed by atoms with Crippen molar-refractivity contribution in [1.82, 2.24) is 15.0 Å². The number of hydrogen-bond donors (Lipinski definition) is 0. The van der Waals surface area contributed by atoms with Crippen molar-refractivity contribution in [3.8, 4) is 17.1 Å². The molecule has 1 fully saturated rings. The molecule has 23 heavy (non-hydrogen) atoms. The molecule has 0 unspecified atom stereocenters. The third kappa shape index (κ3) is 4.53. The lowest BCUT2D eigenvalue weighted by Gasteiger charge is -2.26. The van der Waals surface area contributed by atoms with Crippen LogP contribution in [0.4, 0.5) is 0 Å². The molecule has 0 atom stereocenters. The predicted molar refractivity (Wildman–Crippen MR) is 86.5 cm³/mol. The second-order valence-electron chi connectivity index (χ2n) is 5.55.